The number of para-hydroxylation sites is 1. The van der Waals surface area contributed by atoms with Crippen molar-refractivity contribution in [3.63, 3.8) is 0 Å². The molecule has 7 rings (SSSR count). The zero-order valence-corrected chi connectivity index (χ0v) is 19.5. The number of thiazole rings is 1. The molecule has 3 aromatic rings. The fraction of sp³-hybridized carbons (Fsp3) is 0.500. The van der Waals surface area contributed by atoms with Crippen molar-refractivity contribution in [1.29, 1.82) is 0 Å². The van der Waals surface area contributed by atoms with Crippen molar-refractivity contribution in [3.8, 4) is 11.3 Å². The summed E-state index contributed by atoms with van der Waals surface area (Å²) in [6.45, 7) is 0.562. The van der Waals surface area contributed by atoms with Gasteiger partial charge in [0, 0.05) is 46.4 Å². The van der Waals surface area contributed by atoms with Gasteiger partial charge in [0.15, 0.2) is 5.13 Å². The van der Waals surface area contributed by atoms with Crippen LogP contribution in [-0.4, -0.2) is 28.3 Å². The smallest absolute Gasteiger partial charge is 0.226 e. The van der Waals surface area contributed by atoms with Gasteiger partial charge in [-0.3, -0.25) is 9.59 Å². The van der Waals surface area contributed by atoms with Gasteiger partial charge in [-0.05, 0) is 68.8 Å². The van der Waals surface area contributed by atoms with Crippen LogP contribution in [0, 0.1) is 23.2 Å². The highest BCUT2D eigenvalue weighted by atomic mass is 32.1. The van der Waals surface area contributed by atoms with Gasteiger partial charge in [-0.25, -0.2) is 4.98 Å². The highest BCUT2D eigenvalue weighted by molar-refractivity contribution is 7.14. The summed E-state index contributed by atoms with van der Waals surface area (Å²) in [6, 6.07) is 8.12. The Morgan fingerprint density at radius 2 is 1.82 bits per heavy atom. The topological polar surface area (TPSA) is 86.9 Å². The van der Waals surface area contributed by atoms with E-state index in [9.17, 15) is 9.59 Å². The Morgan fingerprint density at radius 3 is 2.58 bits per heavy atom. The van der Waals surface area contributed by atoms with Gasteiger partial charge in [-0.15, -0.1) is 11.3 Å². The van der Waals surface area contributed by atoms with Crippen molar-refractivity contribution in [2.45, 2.75) is 51.4 Å². The predicted octanol–water partition coefficient (Wildman–Crippen LogP) is 5.34. The van der Waals surface area contributed by atoms with Crippen molar-refractivity contribution in [3.05, 3.63) is 35.8 Å². The predicted molar refractivity (Wildman–Crippen MR) is 131 cm³/mol. The molecule has 0 saturated heterocycles. The van der Waals surface area contributed by atoms with Crippen LogP contribution in [0.25, 0.3) is 22.2 Å². The van der Waals surface area contributed by atoms with Crippen LogP contribution in [-0.2, 0) is 9.59 Å². The maximum atomic E-state index is 13.0. The molecule has 0 atom stereocenters. The second kappa shape index (κ2) is 8.28. The number of nitrogens with one attached hydrogen (secondary N) is 3. The minimum absolute atomic E-state index is 0.0566. The lowest BCUT2D eigenvalue weighted by Gasteiger charge is -2.55. The molecule has 4 aliphatic rings. The molecule has 172 valence electrons. The van der Waals surface area contributed by atoms with Crippen molar-refractivity contribution >= 4 is 39.2 Å². The summed E-state index contributed by atoms with van der Waals surface area (Å²) in [4.78, 5) is 33.3. The van der Waals surface area contributed by atoms with E-state index in [4.69, 9.17) is 0 Å². The van der Waals surface area contributed by atoms with E-state index in [1.54, 1.807) is 0 Å². The molecule has 4 aliphatic carbocycles. The van der Waals surface area contributed by atoms with Gasteiger partial charge >= 0.3 is 0 Å². The minimum atomic E-state index is -0.114. The number of carbonyl (C=O) groups is 2. The second-order valence-electron chi connectivity index (χ2n) is 10.4. The molecule has 3 N–H and O–H groups in total. The highest BCUT2D eigenvalue weighted by Crippen LogP contribution is 2.60. The van der Waals surface area contributed by atoms with E-state index in [0.717, 1.165) is 59.2 Å². The molecule has 4 bridgehead atoms. The number of carbonyl (C=O) groups excluding carboxylic acids is 2. The lowest BCUT2D eigenvalue weighted by molar-refractivity contribution is -0.146. The van der Waals surface area contributed by atoms with E-state index in [0.29, 0.717) is 24.5 Å². The number of H-pyrrole nitrogens is 1. The molecule has 0 spiro atoms. The van der Waals surface area contributed by atoms with E-state index in [2.05, 4.69) is 26.7 Å². The first-order valence-electron chi connectivity index (χ1n) is 12.2. The Kier molecular flexibility index (Phi) is 5.24. The molecule has 4 saturated carbocycles. The molecule has 2 heterocycles. The van der Waals surface area contributed by atoms with Crippen LogP contribution in [0.1, 0.15) is 51.4 Å². The highest BCUT2D eigenvalue weighted by Gasteiger charge is 2.54. The van der Waals surface area contributed by atoms with E-state index in [1.165, 1.54) is 30.6 Å². The van der Waals surface area contributed by atoms with E-state index < -0.39 is 0 Å². The Balaban J connectivity index is 0.988. The van der Waals surface area contributed by atoms with Crippen molar-refractivity contribution in [2.24, 2.45) is 23.2 Å². The number of nitrogens with zero attached hydrogens (tertiary/aromatic N) is 1. The van der Waals surface area contributed by atoms with Gasteiger partial charge in [0.2, 0.25) is 11.8 Å². The first-order chi connectivity index (χ1) is 16.1. The SMILES string of the molecule is O=C(CCCNC(=O)C12CC3CC(CC(C3)C1)C2)Nc1nc(-c2c[nH]c3ccccc23)cs1. The van der Waals surface area contributed by atoms with Gasteiger partial charge in [-0.1, -0.05) is 18.2 Å². The molecule has 2 aromatic heterocycles. The summed E-state index contributed by atoms with van der Waals surface area (Å²) < 4.78 is 0. The number of benzene rings is 1. The zero-order chi connectivity index (χ0) is 22.4. The van der Waals surface area contributed by atoms with Crippen LogP contribution in [0.5, 0.6) is 0 Å². The Labute approximate surface area is 197 Å². The Morgan fingerprint density at radius 1 is 1.09 bits per heavy atom. The average molecular weight is 463 g/mol. The summed E-state index contributed by atoms with van der Waals surface area (Å²) in [7, 11) is 0. The van der Waals surface area contributed by atoms with Gasteiger partial charge in [0.1, 0.15) is 0 Å². The third-order valence-electron chi connectivity index (χ3n) is 8.00. The number of aromatic nitrogens is 2. The summed E-state index contributed by atoms with van der Waals surface area (Å²) in [6.07, 6.45) is 10.2. The van der Waals surface area contributed by atoms with Gasteiger partial charge in [-0.2, -0.15) is 0 Å². The molecule has 0 aliphatic heterocycles. The second-order valence-corrected chi connectivity index (χ2v) is 11.2. The first kappa shape index (κ1) is 20.9. The maximum absolute atomic E-state index is 13.0. The fourth-order valence-electron chi connectivity index (χ4n) is 6.95. The number of fused-ring (bicyclic) bond motifs is 1. The molecular formula is C26H30N4O2S. The van der Waals surface area contributed by atoms with Gasteiger partial charge in [0.25, 0.3) is 0 Å². The lowest BCUT2D eigenvalue weighted by atomic mass is 9.49. The van der Waals surface area contributed by atoms with Crippen LogP contribution < -0.4 is 10.6 Å². The first-order valence-corrected chi connectivity index (χ1v) is 13.1. The van der Waals surface area contributed by atoms with Crippen LogP contribution in [0.15, 0.2) is 35.8 Å². The summed E-state index contributed by atoms with van der Waals surface area (Å²) in [5, 5.41) is 9.78. The van der Waals surface area contributed by atoms with Crippen LogP contribution >= 0.6 is 11.3 Å². The monoisotopic (exact) mass is 462 g/mol. The Hall–Kier alpha value is -2.67. The molecule has 4 fully saturated rings. The summed E-state index contributed by atoms with van der Waals surface area (Å²) >= 11 is 1.43. The zero-order valence-electron chi connectivity index (χ0n) is 18.7. The maximum Gasteiger partial charge on any atom is 0.226 e. The van der Waals surface area contributed by atoms with Crippen LogP contribution in [0.4, 0.5) is 5.13 Å². The largest absolute Gasteiger partial charge is 0.360 e. The normalized spacial score (nSPS) is 27.7. The van der Waals surface area contributed by atoms with Crippen molar-refractivity contribution in [1.82, 2.24) is 15.3 Å². The average Bonchev–Trinajstić information content (AvgIpc) is 3.42. The number of anilines is 1. The standard InChI is InChI=1S/C26H30N4O2S/c31-23(30-25-29-22(15-33-25)20-14-28-21-5-2-1-4-19(20)21)6-3-7-27-24(32)26-11-16-8-17(12-26)10-18(9-16)13-26/h1-2,4-5,14-18,28H,3,6-13H2,(H,27,32)(H,29,30,31). The third kappa shape index (κ3) is 3.97. The molecule has 0 radical (unpaired) electrons. The lowest BCUT2D eigenvalue weighted by Crippen LogP contribution is -2.53. The van der Waals surface area contributed by atoms with Crippen molar-refractivity contribution in [2.75, 3.05) is 11.9 Å². The summed E-state index contributed by atoms with van der Waals surface area (Å²) in [5.74, 6) is 2.48. The molecule has 0 unspecified atom stereocenters. The number of amides is 2. The quantitative estimate of drug-likeness (QED) is 0.414. The summed E-state index contributed by atoms with van der Waals surface area (Å²) in [5.41, 5.74) is 2.85. The van der Waals surface area contributed by atoms with Gasteiger partial charge in [0.05, 0.1) is 5.69 Å². The van der Waals surface area contributed by atoms with E-state index in [1.807, 2.05) is 29.8 Å². The van der Waals surface area contributed by atoms with E-state index in [-0.39, 0.29) is 17.2 Å². The number of rotatable bonds is 7. The number of hydrogen-bond donors (Lipinski definition) is 3. The van der Waals surface area contributed by atoms with Gasteiger partial charge < -0.3 is 15.6 Å². The van der Waals surface area contributed by atoms with Crippen LogP contribution in [0.3, 0.4) is 0 Å². The van der Waals surface area contributed by atoms with E-state index >= 15 is 0 Å². The Bertz CT molecular complexity index is 1160. The third-order valence-corrected chi connectivity index (χ3v) is 8.76. The minimum Gasteiger partial charge on any atom is -0.360 e. The number of aromatic amines is 1. The molecule has 2 amide bonds. The molecule has 7 heteroatoms. The number of hydrogen-bond acceptors (Lipinski definition) is 4. The molecular weight excluding hydrogens is 432 g/mol. The molecule has 1 aromatic carbocycles. The molecule has 33 heavy (non-hydrogen) atoms. The van der Waals surface area contributed by atoms with Crippen molar-refractivity contribution < 1.29 is 9.59 Å². The molecule has 6 nitrogen and oxygen atoms in total. The fourth-order valence-corrected chi connectivity index (χ4v) is 7.67. The van der Waals surface area contributed by atoms with Crippen LogP contribution in [0.2, 0.25) is 0 Å².